The van der Waals surface area contributed by atoms with Crippen molar-refractivity contribution < 1.29 is 4.79 Å². The van der Waals surface area contributed by atoms with Crippen LogP contribution in [-0.4, -0.2) is 5.78 Å². The molecular formula is C13H17NO2. The number of Topliss-reactive ketones (excluding diaryl/α,β-unsaturated/α-hetero) is 1. The van der Waals surface area contributed by atoms with E-state index >= 15 is 0 Å². The van der Waals surface area contributed by atoms with Crippen molar-refractivity contribution in [3.05, 3.63) is 34.2 Å². The number of carbonyl (C=O) groups excluding carboxylic acids is 1. The second kappa shape index (κ2) is 4.56. The van der Waals surface area contributed by atoms with E-state index < -0.39 is 0 Å². The molecule has 0 aliphatic heterocycles. The third-order valence-corrected chi connectivity index (χ3v) is 2.58. The van der Waals surface area contributed by atoms with Gasteiger partial charge in [0.15, 0.2) is 5.78 Å². The highest BCUT2D eigenvalue weighted by atomic mass is 16.3. The van der Waals surface area contributed by atoms with Crippen LogP contribution in [0.15, 0.2) is 23.4 Å². The van der Waals surface area contributed by atoms with Gasteiger partial charge in [-0.2, -0.15) is 0 Å². The van der Waals surface area contributed by atoms with E-state index in [1.807, 2.05) is 6.07 Å². The van der Waals surface area contributed by atoms with E-state index in [1.54, 1.807) is 19.1 Å². The van der Waals surface area contributed by atoms with Crippen molar-refractivity contribution in [2.75, 3.05) is 0 Å². The molecule has 0 aliphatic carbocycles. The molecule has 0 atom stereocenters. The van der Waals surface area contributed by atoms with Gasteiger partial charge in [0.1, 0.15) is 5.69 Å². The van der Waals surface area contributed by atoms with E-state index in [1.165, 1.54) is 0 Å². The lowest BCUT2D eigenvalue weighted by Gasteiger charge is -2.19. The Labute approximate surface area is 95.8 Å². The maximum atomic E-state index is 11.6. The van der Waals surface area contributed by atoms with E-state index in [4.69, 9.17) is 0 Å². The van der Waals surface area contributed by atoms with Crippen LogP contribution in [-0.2, 0) is 5.41 Å². The molecule has 0 saturated heterocycles. The lowest BCUT2D eigenvalue weighted by molar-refractivity contribution is 0.0989. The van der Waals surface area contributed by atoms with E-state index in [2.05, 4.69) is 25.9 Å². The molecule has 3 nitrogen and oxygen atoms in total. The summed E-state index contributed by atoms with van der Waals surface area (Å²) >= 11 is 0. The van der Waals surface area contributed by atoms with Gasteiger partial charge in [0.05, 0.1) is 0 Å². The molecule has 0 amide bonds. The highest BCUT2D eigenvalue weighted by molar-refractivity contribution is 6.00. The van der Waals surface area contributed by atoms with Crippen LogP contribution in [0.1, 0.15) is 50.0 Å². The van der Waals surface area contributed by atoms with Crippen LogP contribution in [0.4, 0.5) is 5.69 Å². The van der Waals surface area contributed by atoms with Crippen LogP contribution in [0.5, 0.6) is 0 Å². The second-order valence-electron chi connectivity index (χ2n) is 4.85. The highest BCUT2D eigenvalue weighted by Crippen LogP contribution is 2.29. The quantitative estimate of drug-likeness (QED) is 0.570. The molecular weight excluding hydrogens is 202 g/mol. The smallest absolute Gasteiger partial charge is 0.164 e. The highest BCUT2D eigenvalue weighted by Gasteiger charge is 2.17. The average molecular weight is 219 g/mol. The number of nitroso groups, excluding NO2 is 1. The molecule has 86 valence electrons. The van der Waals surface area contributed by atoms with Gasteiger partial charge < -0.3 is 0 Å². The standard InChI is InChI=1S/C13H17NO2/c1-5-12(15)10-7-6-9(13(2,3)4)8-11(10)14-16/h6-8H,5H2,1-4H3. The zero-order chi connectivity index (χ0) is 12.3. The minimum Gasteiger partial charge on any atom is -0.294 e. The molecule has 0 aromatic heterocycles. The predicted molar refractivity (Wildman–Crippen MR) is 65.2 cm³/mol. The summed E-state index contributed by atoms with van der Waals surface area (Å²) in [5.41, 5.74) is 1.63. The number of hydrogen-bond acceptors (Lipinski definition) is 3. The third-order valence-electron chi connectivity index (χ3n) is 2.58. The number of benzene rings is 1. The Hall–Kier alpha value is -1.51. The Morgan fingerprint density at radius 1 is 1.31 bits per heavy atom. The summed E-state index contributed by atoms with van der Waals surface area (Å²) in [5.74, 6) is -0.0462. The normalized spacial score (nSPS) is 11.2. The van der Waals surface area contributed by atoms with Gasteiger partial charge >= 0.3 is 0 Å². The summed E-state index contributed by atoms with van der Waals surface area (Å²) < 4.78 is 0. The van der Waals surface area contributed by atoms with E-state index in [0.29, 0.717) is 12.0 Å². The molecule has 16 heavy (non-hydrogen) atoms. The van der Waals surface area contributed by atoms with Crippen molar-refractivity contribution in [3.63, 3.8) is 0 Å². The summed E-state index contributed by atoms with van der Waals surface area (Å²) in [6.07, 6.45) is 0.386. The Kier molecular flexibility index (Phi) is 3.58. The van der Waals surface area contributed by atoms with Gasteiger partial charge in [-0.15, -0.1) is 4.91 Å². The fourth-order valence-corrected chi connectivity index (χ4v) is 1.50. The maximum absolute atomic E-state index is 11.6. The Morgan fingerprint density at radius 2 is 1.94 bits per heavy atom. The average Bonchev–Trinajstić information content (AvgIpc) is 2.26. The molecule has 0 radical (unpaired) electrons. The number of rotatable bonds is 3. The van der Waals surface area contributed by atoms with Crippen molar-refractivity contribution in [2.45, 2.75) is 39.5 Å². The Morgan fingerprint density at radius 3 is 2.38 bits per heavy atom. The first-order valence-corrected chi connectivity index (χ1v) is 5.41. The lowest BCUT2D eigenvalue weighted by Crippen LogP contribution is -2.11. The van der Waals surface area contributed by atoms with Crippen molar-refractivity contribution in [3.8, 4) is 0 Å². The second-order valence-corrected chi connectivity index (χ2v) is 4.85. The Balaban J connectivity index is 3.27. The maximum Gasteiger partial charge on any atom is 0.164 e. The first kappa shape index (κ1) is 12.6. The molecule has 0 heterocycles. The van der Waals surface area contributed by atoms with Crippen LogP contribution in [0.3, 0.4) is 0 Å². The van der Waals surface area contributed by atoms with Crippen molar-refractivity contribution >= 4 is 11.5 Å². The number of ketones is 1. The predicted octanol–water partition coefficient (Wildman–Crippen LogP) is 3.97. The zero-order valence-electron chi connectivity index (χ0n) is 10.2. The summed E-state index contributed by atoms with van der Waals surface area (Å²) in [4.78, 5) is 22.3. The number of hydrogen-bond donors (Lipinski definition) is 0. The molecule has 0 fully saturated rings. The molecule has 0 unspecified atom stereocenters. The van der Waals surface area contributed by atoms with Crippen LogP contribution in [0, 0.1) is 4.91 Å². The number of carbonyl (C=O) groups is 1. The van der Waals surface area contributed by atoms with Gasteiger partial charge in [-0.1, -0.05) is 33.8 Å². The largest absolute Gasteiger partial charge is 0.294 e. The molecule has 1 rings (SSSR count). The summed E-state index contributed by atoms with van der Waals surface area (Å²) in [5, 5.41) is 2.94. The van der Waals surface area contributed by atoms with Crippen LogP contribution in [0.2, 0.25) is 0 Å². The van der Waals surface area contributed by atoms with Gasteiger partial charge in [0.25, 0.3) is 0 Å². The van der Waals surface area contributed by atoms with E-state index in [0.717, 1.165) is 5.56 Å². The van der Waals surface area contributed by atoms with E-state index in [9.17, 15) is 9.70 Å². The molecule has 3 heteroatoms. The van der Waals surface area contributed by atoms with Gasteiger partial charge in [0, 0.05) is 12.0 Å². The van der Waals surface area contributed by atoms with Gasteiger partial charge in [-0.25, -0.2) is 0 Å². The first-order chi connectivity index (χ1) is 7.40. The molecule has 0 aliphatic rings. The first-order valence-electron chi connectivity index (χ1n) is 5.41. The molecule has 0 spiro atoms. The van der Waals surface area contributed by atoms with Gasteiger partial charge in [-0.3, -0.25) is 4.79 Å². The monoisotopic (exact) mass is 219 g/mol. The zero-order valence-corrected chi connectivity index (χ0v) is 10.2. The van der Waals surface area contributed by atoms with Crippen LogP contribution < -0.4 is 0 Å². The molecule has 0 bridgehead atoms. The fourth-order valence-electron chi connectivity index (χ4n) is 1.50. The molecule has 1 aromatic rings. The minimum atomic E-state index is -0.0484. The third kappa shape index (κ3) is 2.54. The minimum absolute atomic E-state index is 0.0462. The number of nitrogens with zero attached hydrogens (tertiary/aromatic N) is 1. The van der Waals surface area contributed by atoms with Crippen LogP contribution in [0.25, 0.3) is 0 Å². The summed E-state index contributed by atoms with van der Waals surface area (Å²) in [6, 6.07) is 5.29. The van der Waals surface area contributed by atoms with Gasteiger partial charge in [-0.05, 0) is 28.3 Å². The summed E-state index contributed by atoms with van der Waals surface area (Å²) in [6.45, 7) is 7.93. The van der Waals surface area contributed by atoms with E-state index in [-0.39, 0.29) is 16.9 Å². The fraction of sp³-hybridized carbons (Fsp3) is 0.462. The van der Waals surface area contributed by atoms with Crippen LogP contribution >= 0.6 is 0 Å². The topological polar surface area (TPSA) is 46.5 Å². The molecule has 0 N–H and O–H groups in total. The van der Waals surface area contributed by atoms with Crippen molar-refractivity contribution in [2.24, 2.45) is 5.18 Å². The molecule has 1 aromatic carbocycles. The lowest BCUT2D eigenvalue weighted by atomic mass is 9.86. The van der Waals surface area contributed by atoms with Crippen molar-refractivity contribution in [1.29, 1.82) is 0 Å². The summed E-state index contributed by atoms with van der Waals surface area (Å²) in [7, 11) is 0. The molecule has 0 saturated carbocycles. The van der Waals surface area contributed by atoms with Gasteiger partial charge in [0.2, 0.25) is 0 Å². The Bertz CT molecular complexity index is 416. The van der Waals surface area contributed by atoms with Crippen molar-refractivity contribution in [1.82, 2.24) is 0 Å². The SMILES string of the molecule is CCC(=O)c1ccc(C(C)(C)C)cc1N=O.